The van der Waals surface area contributed by atoms with Crippen molar-refractivity contribution in [3.8, 4) is 0 Å². The Morgan fingerprint density at radius 2 is 1.66 bits per heavy atom. The number of carbonyl (C=O) groups is 2. The third-order valence-electron chi connectivity index (χ3n) is 6.75. The molecular formula is C27H45NO5Si2. The van der Waals surface area contributed by atoms with Gasteiger partial charge in [-0.2, -0.15) is 0 Å². The molecule has 0 N–H and O–H groups in total. The van der Waals surface area contributed by atoms with E-state index < -0.39 is 35.1 Å². The highest BCUT2D eigenvalue weighted by Crippen LogP contribution is 2.59. The van der Waals surface area contributed by atoms with Gasteiger partial charge in [0.15, 0.2) is 0 Å². The number of nitrogens with zero attached hydrogens (tertiary/aromatic N) is 1. The van der Waals surface area contributed by atoms with Crippen molar-refractivity contribution in [2.45, 2.75) is 104 Å². The first-order chi connectivity index (χ1) is 16.0. The van der Waals surface area contributed by atoms with Gasteiger partial charge in [0, 0.05) is 5.54 Å². The van der Waals surface area contributed by atoms with Gasteiger partial charge in [0.1, 0.15) is 12.7 Å². The lowest BCUT2D eigenvalue weighted by Crippen LogP contribution is -2.77. The average molecular weight is 520 g/mol. The number of β-lactam (4-membered cyclic amide) rings is 1. The van der Waals surface area contributed by atoms with E-state index in [0.29, 0.717) is 0 Å². The van der Waals surface area contributed by atoms with Crippen LogP contribution in [0.1, 0.15) is 54.0 Å². The van der Waals surface area contributed by atoms with Crippen LogP contribution in [-0.2, 0) is 25.3 Å². The number of rotatable bonds is 8. The highest BCUT2D eigenvalue weighted by atomic mass is 28.3. The second-order valence-electron chi connectivity index (χ2n) is 12.1. The van der Waals surface area contributed by atoms with Crippen LogP contribution in [0.15, 0.2) is 42.2 Å². The fourth-order valence-electron chi connectivity index (χ4n) is 4.96. The van der Waals surface area contributed by atoms with E-state index in [1.165, 1.54) is 0 Å². The second kappa shape index (κ2) is 10.9. The van der Waals surface area contributed by atoms with Crippen LogP contribution in [0.3, 0.4) is 0 Å². The van der Waals surface area contributed by atoms with E-state index in [4.69, 9.17) is 13.9 Å². The van der Waals surface area contributed by atoms with Gasteiger partial charge in [-0.15, -0.1) is 0 Å². The molecule has 1 saturated heterocycles. The predicted octanol–water partition coefficient (Wildman–Crippen LogP) is 5.89. The summed E-state index contributed by atoms with van der Waals surface area (Å²) < 4.78 is 17.4. The van der Waals surface area contributed by atoms with Crippen molar-refractivity contribution in [3.63, 3.8) is 0 Å². The predicted molar refractivity (Wildman–Crippen MR) is 147 cm³/mol. The van der Waals surface area contributed by atoms with Gasteiger partial charge in [0.2, 0.25) is 14.9 Å². The number of hydrogen-bond donors (Lipinski definition) is 0. The summed E-state index contributed by atoms with van der Waals surface area (Å²) in [5, 5.41) is -0.792. The standard InChI is InChI=1S/C27H45NO5Si2/c1-19(33-24(30)31-17-20-15-13-12-14-16-20)27(34(8)9)22(28(23(27)29)26(5,6)7)21(25(2,3)4)18-32-35(10)11/h12-16,18-19,22,34-35H,17H2,1-11H3/t19-,22+,27-/m1/s1. The minimum absolute atomic E-state index is 0.0527. The molecule has 3 atom stereocenters. The second-order valence-corrected chi connectivity index (χ2v) is 17.8. The largest absolute Gasteiger partial charge is 0.552 e. The lowest BCUT2D eigenvalue weighted by Gasteiger charge is -2.65. The molecule has 1 aromatic carbocycles. The summed E-state index contributed by atoms with van der Waals surface area (Å²) in [6.45, 7) is 23.2. The first-order valence-electron chi connectivity index (χ1n) is 12.6. The fraction of sp³-hybridized carbons (Fsp3) is 0.630. The van der Waals surface area contributed by atoms with Crippen LogP contribution in [0.2, 0.25) is 31.2 Å². The highest BCUT2D eigenvalue weighted by molar-refractivity contribution is 6.66. The quantitative estimate of drug-likeness (QED) is 0.185. The SMILES string of the molecule is C[C@@H](OC(=O)OCc1ccccc1)[C@]1([SiH](C)C)C(=O)N(C(C)(C)C)[C@H]1C(=CO[SiH](C)C)C(C)(C)C. The van der Waals surface area contributed by atoms with Crippen LogP contribution in [0, 0.1) is 5.41 Å². The van der Waals surface area contributed by atoms with Gasteiger partial charge in [0.25, 0.3) is 0 Å². The van der Waals surface area contributed by atoms with E-state index in [1.807, 2.05) is 48.4 Å². The lowest BCUT2D eigenvalue weighted by atomic mass is 9.68. The van der Waals surface area contributed by atoms with E-state index in [1.54, 1.807) is 0 Å². The molecule has 1 fully saturated rings. The van der Waals surface area contributed by atoms with E-state index in [0.717, 1.165) is 11.1 Å². The van der Waals surface area contributed by atoms with Gasteiger partial charge in [0.05, 0.1) is 26.1 Å². The molecule has 0 bridgehead atoms. The van der Waals surface area contributed by atoms with Crippen LogP contribution in [0.25, 0.3) is 0 Å². The molecule has 2 rings (SSSR count). The molecule has 8 heteroatoms. The van der Waals surface area contributed by atoms with Crippen LogP contribution in [0.4, 0.5) is 4.79 Å². The van der Waals surface area contributed by atoms with Crippen molar-refractivity contribution in [2.24, 2.45) is 5.41 Å². The van der Waals surface area contributed by atoms with Crippen LogP contribution < -0.4 is 0 Å². The van der Waals surface area contributed by atoms with E-state index in [-0.39, 0.29) is 29.5 Å². The Morgan fingerprint density at radius 3 is 2.11 bits per heavy atom. The average Bonchev–Trinajstić information content (AvgIpc) is 2.70. The Labute approximate surface area is 215 Å². The van der Waals surface area contributed by atoms with Crippen LogP contribution >= 0.6 is 0 Å². The summed E-state index contributed by atoms with van der Waals surface area (Å²) >= 11 is 0. The van der Waals surface area contributed by atoms with Gasteiger partial charge in [-0.1, -0.05) is 64.2 Å². The third kappa shape index (κ3) is 6.20. The summed E-state index contributed by atoms with van der Waals surface area (Å²) in [4.78, 5) is 28.7. The zero-order valence-corrected chi connectivity index (χ0v) is 25.8. The maximum Gasteiger partial charge on any atom is 0.508 e. The molecule has 0 radical (unpaired) electrons. The molecule has 1 heterocycles. The molecule has 1 aromatic rings. The lowest BCUT2D eigenvalue weighted by molar-refractivity contribution is -0.169. The molecular weight excluding hydrogens is 474 g/mol. The maximum atomic E-state index is 14.0. The molecule has 196 valence electrons. The van der Waals surface area contributed by atoms with Crippen LogP contribution in [0.5, 0.6) is 0 Å². The van der Waals surface area contributed by atoms with Crippen molar-refractivity contribution in [2.75, 3.05) is 0 Å². The Kier molecular flexibility index (Phi) is 9.09. The first kappa shape index (κ1) is 29.2. The summed E-state index contributed by atoms with van der Waals surface area (Å²) in [6, 6.07) is 9.27. The van der Waals surface area contributed by atoms with E-state index in [9.17, 15) is 9.59 Å². The number of hydrogen-bond acceptors (Lipinski definition) is 5. The summed E-state index contributed by atoms with van der Waals surface area (Å²) in [7, 11) is -3.06. The molecule has 35 heavy (non-hydrogen) atoms. The molecule has 1 aliphatic heterocycles. The Morgan fingerprint density at radius 1 is 1.09 bits per heavy atom. The molecule has 0 unspecified atom stereocenters. The zero-order chi connectivity index (χ0) is 26.8. The minimum Gasteiger partial charge on any atom is -0.552 e. The van der Waals surface area contributed by atoms with Crippen molar-refractivity contribution < 1.29 is 23.5 Å². The smallest absolute Gasteiger partial charge is 0.508 e. The van der Waals surface area contributed by atoms with Crippen molar-refractivity contribution in [3.05, 3.63) is 47.7 Å². The normalized spacial score (nSPS) is 22.2. The summed E-state index contributed by atoms with van der Waals surface area (Å²) in [5.74, 6) is 0.0527. The maximum absolute atomic E-state index is 14.0. The number of benzene rings is 1. The minimum atomic E-state index is -1.72. The summed E-state index contributed by atoms with van der Waals surface area (Å²) in [5.41, 5.74) is 1.33. The monoisotopic (exact) mass is 519 g/mol. The van der Waals surface area contributed by atoms with Gasteiger partial charge < -0.3 is 18.8 Å². The van der Waals surface area contributed by atoms with E-state index in [2.05, 4.69) is 67.7 Å². The highest BCUT2D eigenvalue weighted by Gasteiger charge is 2.70. The van der Waals surface area contributed by atoms with Gasteiger partial charge in [-0.25, -0.2) is 4.79 Å². The molecule has 0 aliphatic carbocycles. The molecule has 0 saturated carbocycles. The third-order valence-corrected chi connectivity index (χ3v) is 10.4. The van der Waals surface area contributed by atoms with Gasteiger partial charge >= 0.3 is 6.16 Å². The molecule has 1 aliphatic rings. The topological polar surface area (TPSA) is 65.1 Å². The van der Waals surface area contributed by atoms with Crippen molar-refractivity contribution in [1.82, 2.24) is 4.90 Å². The first-order valence-corrected chi connectivity index (χ1v) is 18.3. The van der Waals surface area contributed by atoms with Gasteiger partial charge in [-0.05, 0) is 57.3 Å². The molecule has 6 nitrogen and oxygen atoms in total. The number of ether oxygens (including phenoxy) is 2. The van der Waals surface area contributed by atoms with E-state index >= 15 is 0 Å². The zero-order valence-electron chi connectivity index (χ0n) is 23.5. The van der Waals surface area contributed by atoms with Crippen molar-refractivity contribution in [1.29, 1.82) is 0 Å². The van der Waals surface area contributed by atoms with Gasteiger partial charge in [-0.3, -0.25) is 4.79 Å². The number of carbonyl (C=O) groups excluding carboxylic acids is 2. The fourth-order valence-corrected chi connectivity index (χ4v) is 7.98. The van der Waals surface area contributed by atoms with Crippen molar-refractivity contribution >= 4 is 29.9 Å². The number of likely N-dealkylation sites (tertiary alicyclic amines) is 1. The summed E-state index contributed by atoms with van der Waals surface area (Å²) in [6.07, 6.45) is 0.525. The van der Waals surface area contributed by atoms with Crippen LogP contribution in [-0.4, -0.2) is 52.5 Å². The molecule has 1 amide bonds. The molecule has 0 aromatic heterocycles. The number of amides is 1. The Hall–Kier alpha value is -2.07. The Balaban J connectivity index is 2.46. The Bertz CT molecular complexity index is 918. The molecule has 0 spiro atoms.